The van der Waals surface area contributed by atoms with E-state index in [1.165, 1.54) is 23.8 Å². The molecule has 0 saturated carbocycles. The Morgan fingerprint density at radius 3 is 2.70 bits per heavy atom. The highest BCUT2D eigenvalue weighted by atomic mass is 19.4. The number of rotatable bonds is 5. The van der Waals surface area contributed by atoms with E-state index in [4.69, 9.17) is 9.15 Å². The zero-order valence-electron chi connectivity index (χ0n) is 18.9. The smallest absolute Gasteiger partial charge is 0.416 e. The number of furan rings is 1. The highest BCUT2D eigenvalue weighted by Gasteiger charge is 2.30. The minimum absolute atomic E-state index is 0.0828. The van der Waals surface area contributed by atoms with E-state index in [2.05, 4.69) is 5.32 Å². The SMILES string of the molecule is CCOc1c(/C(C)=C/C(=O)Nc2cccc(C(F)(F)F)c2)cc2c3c(oc2c1C)CCCC3. The van der Waals surface area contributed by atoms with Crippen LogP contribution in [-0.4, -0.2) is 12.5 Å². The van der Waals surface area contributed by atoms with Gasteiger partial charge in [-0.2, -0.15) is 13.2 Å². The molecule has 1 amide bonds. The van der Waals surface area contributed by atoms with Crippen molar-refractivity contribution >= 4 is 28.1 Å². The molecular weight excluding hydrogens is 431 g/mol. The van der Waals surface area contributed by atoms with E-state index in [9.17, 15) is 18.0 Å². The van der Waals surface area contributed by atoms with Crippen molar-refractivity contribution in [1.82, 2.24) is 0 Å². The minimum Gasteiger partial charge on any atom is -0.493 e. The summed E-state index contributed by atoms with van der Waals surface area (Å²) in [6, 6.07) is 6.58. The summed E-state index contributed by atoms with van der Waals surface area (Å²) in [5.41, 5.74) is 3.60. The van der Waals surface area contributed by atoms with Crippen molar-refractivity contribution in [3.05, 3.63) is 64.4 Å². The Bertz CT molecular complexity index is 1240. The summed E-state index contributed by atoms with van der Waals surface area (Å²) in [4.78, 5) is 12.6. The number of carbonyl (C=O) groups is 1. The molecule has 0 saturated heterocycles. The molecule has 0 fully saturated rings. The first kappa shape index (κ1) is 23.0. The number of hydrogen-bond acceptors (Lipinski definition) is 3. The van der Waals surface area contributed by atoms with Crippen LogP contribution in [0, 0.1) is 6.92 Å². The number of anilines is 1. The van der Waals surface area contributed by atoms with Gasteiger partial charge < -0.3 is 14.5 Å². The zero-order valence-corrected chi connectivity index (χ0v) is 18.9. The van der Waals surface area contributed by atoms with Crippen LogP contribution in [0.4, 0.5) is 18.9 Å². The normalized spacial score (nSPS) is 14.3. The van der Waals surface area contributed by atoms with Gasteiger partial charge in [0.2, 0.25) is 5.91 Å². The number of aryl methyl sites for hydroxylation is 3. The van der Waals surface area contributed by atoms with Crippen LogP contribution in [0.3, 0.4) is 0 Å². The Morgan fingerprint density at radius 1 is 1.21 bits per heavy atom. The molecule has 1 aliphatic carbocycles. The maximum Gasteiger partial charge on any atom is 0.416 e. The molecular formula is C26H26F3NO3. The lowest BCUT2D eigenvalue weighted by molar-refractivity contribution is -0.137. The first-order chi connectivity index (χ1) is 15.7. The van der Waals surface area contributed by atoms with Gasteiger partial charge in [0.05, 0.1) is 12.2 Å². The maximum atomic E-state index is 13.0. The van der Waals surface area contributed by atoms with Crippen molar-refractivity contribution in [3.8, 4) is 5.75 Å². The fourth-order valence-corrected chi connectivity index (χ4v) is 4.39. The number of benzene rings is 2. The van der Waals surface area contributed by atoms with Gasteiger partial charge in [-0.25, -0.2) is 0 Å². The Hall–Kier alpha value is -3.22. The second-order valence-electron chi connectivity index (χ2n) is 8.29. The molecule has 2 aromatic carbocycles. The van der Waals surface area contributed by atoms with Crippen LogP contribution in [0.25, 0.3) is 16.5 Å². The van der Waals surface area contributed by atoms with Crippen molar-refractivity contribution in [1.29, 1.82) is 0 Å². The molecule has 0 bridgehead atoms. The van der Waals surface area contributed by atoms with Crippen LogP contribution in [0.1, 0.15) is 54.7 Å². The van der Waals surface area contributed by atoms with Gasteiger partial charge in [0, 0.05) is 40.3 Å². The van der Waals surface area contributed by atoms with E-state index in [0.29, 0.717) is 17.9 Å². The first-order valence-corrected chi connectivity index (χ1v) is 11.1. The summed E-state index contributed by atoms with van der Waals surface area (Å²) in [5, 5.41) is 3.56. The number of amides is 1. The number of carbonyl (C=O) groups excluding carboxylic acids is 1. The van der Waals surface area contributed by atoms with E-state index in [1.807, 2.05) is 19.9 Å². The van der Waals surface area contributed by atoms with Crippen LogP contribution >= 0.6 is 0 Å². The molecule has 1 N–H and O–H groups in total. The van der Waals surface area contributed by atoms with Gasteiger partial charge in [-0.3, -0.25) is 4.79 Å². The third-order valence-corrected chi connectivity index (χ3v) is 5.95. The average molecular weight is 457 g/mol. The van der Waals surface area contributed by atoms with Crippen molar-refractivity contribution in [3.63, 3.8) is 0 Å². The third-order valence-electron chi connectivity index (χ3n) is 5.95. The summed E-state index contributed by atoms with van der Waals surface area (Å²) in [6.45, 7) is 6.08. The molecule has 0 aliphatic heterocycles. The van der Waals surface area contributed by atoms with E-state index in [0.717, 1.165) is 65.7 Å². The molecule has 0 unspecified atom stereocenters. The van der Waals surface area contributed by atoms with Crippen LogP contribution < -0.4 is 10.1 Å². The number of ether oxygens (including phenoxy) is 1. The van der Waals surface area contributed by atoms with Gasteiger partial charge in [0.1, 0.15) is 17.1 Å². The number of fused-ring (bicyclic) bond motifs is 3. The highest BCUT2D eigenvalue weighted by Crippen LogP contribution is 2.41. The lowest BCUT2D eigenvalue weighted by Crippen LogP contribution is -2.11. The fourth-order valence-electron chi connectivity index (χ4n) is 4.39. The van der Waals surface area contributed by atoms with Gasteiger partial charge in [-0.05, 0) is 69.9 Å². The zero-order chi connectivity index (χ0) is 23.8. The van der Waals surface area contributed by atoms with Gasteiger partial charge in [-0.1, -0.05) is 6.07 Å². The predicted octanol–water partition coefficient (Wildman–Crippen LogP) is 7.08. The van der Waals surface area contributed by atoms with Crippen molar-refractivity contribution < 1.29 is 27.1 Å². The Morgan fingerprint density at radius 2 is 1.97 bits per heavy atom. The quantitative estimate of drug-likeness (QED) is 0.417. The molecule has 4 rings (SSSR count). The van der Waals surface area contributed by atoms with Crippen molar-refractivity contribution in [2.45, 2.75) is 52.6 Å². The summed E-state index contributed by atoms with van der Waals surface area (Å²) in [5.74, 6) is 1.15. The standard InChI is InChI=1S/C26H26F3NO3/c1-4-32-24-16(3)25-21(19-10-5-6-11-22(19)33-25)14-20(24)15(2)12-23(31)30-18-9-7-8-17(13-18)26(27,28)29/h7-9,12-14H,4-6,10-11H2,1-3H3,(H,30,31)/b15-12+. The Labute approximate surface area is 190 Å². The van der Waals surface area contributed by atoms with Gasteiger partial charge in [0.15, 0.2) is 0 Å². The molecule has 0 radical (unpaired) electrons. The monoisotopic (exact) mass is 457 g/mol. The minimum atomic E-state index is -4.48. The second kappa shape index (κ2) is 8.96. The van der Waals surface area contributed by atoms with E-state index in [-0.39, 0.29) is 5.69 Å². The number of alkyl halides is 3. The number of hydrogen-bond donors (Lipinski definition) is 1. The third kappa shape index (κ3) is 4.63. The fraction of sp³-hybridized carbons (Fsp3) is 0.346. The number of nitrogens with one attached hydrogen (secondary N) is 1. The molecule has 1 aromatic heterocycles. The summed E-state index contributed by atoms with van der Waals surface area (Å²) in [7, 11) is 0. The van der Waals surface area contributed by atoms with Crippen LogP contribution in [0.2, 0.25) is 0 Å². The van der Waals surface area contributed by atoms with Crippen molar-refractivity contribution in [2.75, 3.05) is 11.9 Å². The molecule has 1 heterocycles. The molecule has 3 aromatic rings. The maximum absolute atomic E-state index is 13.0. The molecule has 4 nitrogen and oxygen atoms in total. The first-order valence-electron chi connectivity index (χ1n) is 11.1. The Kier molecular flexibility index (Phi) is 6.23. The molecule has 7 heteroatoms. The summed E-state index contributed by atoms with van der Waals surface area (Å²) in [6.07, 6.45) is 0.986. The van der Waals surface area contributed by atoms with E-state index < -0.39 is 17.6 Å². The average Bonchev–Trinajstić information content (AvgIpc) is 3.14. The lowest BCUT2D eigenvalue weighted by atomic mass is 9.93. The van der Waals surface area contributed by atoms with E-state index in [1.54, 1.807) is 6.92 Å². The number of halogens is 3. The highest BCUT2D eigenvalue weighted by molar-refractivity contribution is 6.05. The van der Waals surface area contributed by atoms with Crippen LogP contribution in [-0.2, 0) is 23.8 Å². The van der Waals surface area contributed by atoms with Crippen LogP contribution in [0.15, 0.2) is 40.8 Å². The van der Waals surface area contributed by atoms with Crippen molar-refractivity contribution in [2.24, 2.45) is 0 Å². The molecule has 33 heavy (non-hydrogen) atoms. The van der Waals surface area contributed by atoms with Crippen LogP contribution in [0.5, 0.6) is 5.75 Å². The van der Waals surface area contributed by atoms with Gasteiger partial charge >= 0.3 is 6.18 Å². The summed E-state index contributed by atoms with van der Waals surface area (Å²) < 4.78 is 51.0. The molecule has 0 atom stereocenters. The molecule has 1 aliphatic rings. The van der Waals surface area contributed by atoms with Gasteiger partial charge in [-0.15, -0.1) is 0 Å². The summed E-state index contributed by atoms with van der Waals surface area (Å²) >= 11 is 0. The largest absolute Gasteiger partial charge is 0.493 e. The topological polar surface area (TPSA) is 51.5 Å². The van der Waals surface area contributed by atoms with E-state index >= 15 is 0 Å². The molecule has 174 valence electrons. The van der Waals surface area contributed by atoms with Gasteiger partial charge in [0.25, 0.3) is 0 Å². The second-order valence-corrected chi connectivity index (χ2v) is 8.29. The Balaban J connectivity index is 1.70. The molecule has 0 spiro atoms. The number of allylic oxidation sites excluding steroid dienone is 1. The predicted molar refractivity (Wildman–Crippen MR) is 122 cm³/mol. The lowest BCUT2D eigenvalue weighted by Gasteiger charge is -2.15.